The molecule has 2 aromatic rings. The van der Waals surface area contributed by atoms with Gasteiger partial charge in [0.25, 0.3) is 0 Å². The van der Waals surface area contributed by atoms with Crippen molar-refractivity contribution in [3.63, 3.8) is 0 Å². The van der Waals surface area contributed by atoms with Gasteiger partial charge in [-0.2, -0.15) is 0 Å². The first kappa shape index (κ1) is 29.4. The van der Waals surface area contributed by atoms with Crippen molar-refractivity contribution in [2.75, 3.05) is 6.54 Å². The molecule has 0 aromatic heterocycles. The molecule has 1 heteroatoms. The van der Waals surface area contributed by atoms with Gasteiger partial charge in [0, 0.05) is 12.5 Å². The summed E-state index contributed by atoms with van der Waals surface area (Å²) in [6, 6.07) is 15.7. The van der Waals surface area contributed by atoms with Crippen LogP contribution in [0, 0.1) is 18.3 Å². The molecule has 1 aliphatic rings. The fourth-order valence-electron chi connectivity index (χ4n) is 6.27. The maximum absolute atomic E-state index is 4.57. The van der Waals surface area contributed by atoms with E-state index >= 15 is 0 Å². The maximum Gasteiger partial charge on any atom is 0.0205 e. The summed E-state index contributed by atoms with van der Waals surface area (Å²) in [7, 11) is 0. The molecule has 1 aliphatic carbocycles. The van der Waals surface area contributed by atoms with Crippen LogP contribution in [0.1, 0.15) is 113 Å². The molecule has 0 spiro atoms. The Kier molecular flexibility index (Phi) is 11.3. The zero-order valence-electron chi connectivity index (χ0n) is 24.8. The van der Waals surface area contributed by atoms with E-state index < -0.39 is 0 Å². The smallest absolute Gasteiger partial charge is 0.0205 e. The van der Waals surface area contributed by atoms with Gasteiger partial charge in [0.2, 0.25) is 0 Å². The third-order valence-electron chi connectivity index (χ3n) is 8.29. The van der Waals surface area contributed by atoms with E-state index in [1.54, 1.807) is 16.7 Å². The van der Waals surface area contributed by atoms with E-state index in [1.165, 1.54) is 60.8 Å². The predicted octanol–water partition coefficient (Wildman–Crippen LogP) is 9.88. The van der Waals surface area contributed by atoms with Crippen molar-refractivity contribution in [2.24, 2.45) is 11.3 Å². The number of nitrogens with one attached hydrogen (secondary N) is 1. The summed E-state index contributed by atoms with van der Waals surface area (Å²) in [4.78, 5) is 0. The van der Waals surface area contributed by atoms with E-state index in [1.807, 2.05) is 0 Å². The fraction of sp³-hybridized carbons (Fsp3) is 0.556. The van der Waals surface area contributed by atoms with Crippen LogP contribution in [0.25, 0.3) is 0 Å². The van der Waals surface area contributed by atoms with Gasteiger partial charge in [0.1, 0.15) is 0 Å². The van der Waals surface area contributed by atoms with Crippen LogP contribution in [0.2, 0.25) is 0 Å². The Morgan fingerprint density at radius 2 is 1.76 bits per heavy atom. The molecule has 0 aliphatic heterocycles. The van der Waals surface area contributed by atoms with Crippen LogP contribution in [-0.4, -0.2) is 6.54 Å². The summed E-state index contributed by atoms with van der Waals surface area (Å²) < 4.78 is 0. The van der Waals surface area contributed by atoms with Crippen LogP contribution < -0.4 is 5.32 Å². The Balaban J connectivity index is 1.76. The average molecular weight is 500 g/mol. The second kappa shape index (κ2) is 14.1. The number of unbranched alkanes of at least 4 members (excludes halogenated alkanes) is 2. The van der Waals surface area contributed by atoms with Gasteiger partial charge < -0.3 is 5.32 Å². The molecule has 2 aromatic carbocycles. The van der Waals surface area contributed by atoms with Crippen LogP contribution >= 0.6 is 0 Å². The molecule has 0 amide bonds. The zero-order chi connectivity index (χ0) is 26.8. The Morgan fingerprint density at radius 1 is 1.00 bits per heavy atom. The summed E-state index contributed by atoms with van der Waals surface area (Å²) in [6.07, 6.45) is 13.5. The van der Waals surface area contributed by atoms with Crippen molar-refractivity contribution in [3.05, 3.63) is 94.1 Å². The summed E-state index contributed by atoms with van der Waals surface area (Å²) in [5.41, 5.74) is 10.7. The number of rotatable bonds is 13. The Morgan fingerprint density at radius 3 is 2.46 bits per heavy atom. The van der Waals surface area contributed by atoms with Gasteiger partial charge in [-0.15, -0.1) is 0 Å². The molecule has 37 heavy (non-hydrogen) atoms. The standard InChI is InChI=1S/C36H53N/c1-8-9-11-18-31-24-29(4)35(33-23-28(3)19-20-34(33)36(5,6)7)32(25-31)22-27(2)15-14-21-37-26-30-16-12-10-13-17-30/h10,12-13,16-17,23-25,33-34,37H,2,8-9,11,14-15,18-22,26H2,1,3-7H3. The largest absolute Gasteiger partial charge is 0.313 e. The van der Waals surface area contributed by atoms with Crippen LogP contribution in [0.5, 0.6) is 0 Å². The van der Waals surface area contributed by atoms with Gasteiger partial charge >= 0.3 is 0 Å². The van der Waals surface area contributed by atoms with Crippen LogP contribution in [0.15, 0.2) is 66.3 Å². The number of benzene rings is 2. The Hall–Kier alpha value is -2.12. The van der Waals surface area contributed by atoms with Gasteiger partial charge in [0.15, 0.2) is 0 Å². The first-order chi connectivity index (χ1) is 17.7. The molecule has 3 rings (SSSR count). The topological polar surface area (TPSA) is 12.0 Å². The van der Waals surface area contributed by atoms with E-state index in [4.69, 9.17) is 0 Å². The van der Waals surface area contributed by atoms with E-state index in [2.05, 4.69) is 102 Å². The van der Waals surface area contributed by atoms with Gasteiger partial charge in [-0.3, -0.25) is 0 Å². The summed E-state index contributed by atoms with van der Waals surface area (Å²) >= 11 is 0. The SMILES string of the molecule is C=C(CCCNCc1ccccc1)Cc1cc(CCCCC)cc(C)c1C1C=C(C)CCC1C(C)(C)C. The molecule has 2 unspecified atom stereocenters. The lowest BCUT2D eigenvalue weighted by molar-refractivity contribution is 0.197. The quantitative estimate of drug-likeness (QED) is 0.213. The van der Waals surface area contributed by atoms with Gasteiger partial charge in [-0.05, 0) is 104 Å². The van der Waals surface area contributed by atoms with Crippen molar-refractivity contribution < 1.29 is 0 Å². The highest BCUT2D eigenvalue weighted by atomic mass is 14.8. The highest BCUT2D eigenvalue weighted by molar-refractivity contribution is 5.46. The van der Waals surface area contributed by atoms with Gasteiger partial charge in [-0.1, -0.05) is 107 Å². The second-order valence-corrected chi connectivity index (χ2v) is 12.7. The molecule has 0 fully saturated rings. The molecular formula is C36H53N. The first-order valence-corrected chi connectivity index (χ1v) is 14.9. The molecule has 202 valence electrons. The molecular weight excluding hydrogens is 446 g/mol. The lowest BCUT2D eigenvalue weighted by Gasteiger charge is -2.41. The molecule has 0 saturated heterocycles. The predicted molar refractivity (Wildman–Crippen MR) is 163 cm³/mol. The van der Waals surface area contributed by atoms with Crippen molar-refractivity contribution in [1.82, 2.24) is 5.32 Å². The third-order valence-corrected chi connectivity index (χ3v) is 8.29. The summed E-state index contributed by atoms with van der Waals surface area (Å²) in [6.45, 7) is 20.9. The molecule has 1 N–H and O–H groups in total. The normalized spacial score (nSPS) is 18.1. The van der Waals surface area contributed by atoms with Crippen LogP contribution in [0.3, 0.4) is 0 Å². The van der Waals surface area contributed by atoms with E-state index in [0.717, 1.165) is 32.4 Å². The van der Waals surface area contributed by atoms with Crippen molar-refractivity contribution >= 4 is 0 Å². The number of hydrogen-bond donors (Lipinski definition) is 1. The minimum absolute atomic E-state index is 0.298. The van der Waals surface area contributed by atoms with E-state index in [0.29, 0.717) is 17.3 Å². The monoisotopic (exact) mass is 499 g/mol. The average Bonchev–Trinajstić information content (AvgIpc) is 2.84. The molecule has 2 atom stereocenters. The molecule has 1 nitrogen and oxygen atoms in total. The minimum atomic E-state index is 0.298. The zero-order valence-corrected chi connectivity index (χ0v) is 24.8. The second-order valence-electron chi connectivity index (χ2n) is 12.7. The van der Waals surface area contributed by atoms with E-state index in [-0.39, 0.29) is 0 Å². The minimum Gasteiger partial charge on any atom is -0.313 e. The molecule has 0 heterocycles. The molecule has 0 saturated carbocycles. The highest BCUT2D eigenvalue weighted by Crippen LogP contribution is 2.47. The lowest BCUT2D eigenvalue weighted by atomic mass is 9.64. The number of allylic oxidation sites excluding steroid dienone is 3. The summed E-state index contributed by atoms with van der Waals surface area (Å²) in [5.74, 6) is 1.18. The van der Waals surface area contributed by atoms with Gasteiger partial charge in [-0.25, -0.2) is 0 Å². The number of hydrogen-bond acceptors (Lipinski definition) is 1. The summed E-state index contributed by atoms with van der Waals surface area (Å²) in [5, 5.41) is 3.61. The van der Waals surface area contributed by atoms with Crippen molar-refractivity contribution in [1.29, 1.82) is 0 Å². The first-order valence-electron chi connectivity index (χ1n) is 14.9. The Labute approximate surface area is 228 Å². The van der Waals surface area contributed by atoms with Crippen molar-refractivity contribution in [3.8, 4) is 0 Å². The van der Waals surface area contributed by atoms with E-state index in [9.17, 15) is 0 Å². The Bertz CT molecular complexity index is 1020. The molecule has 0 bridgehead atoms. The highest BCUT2D eigenvalue weighted by Gasteiger charge is 2.35. The van der Waals surface area contributed by atoms with Crippen LogP contribution in [-0.2, 0) is 19.4 Å². The fourth-order valence-corrected chi connectivity index (χ4v) is 6.27. The third kappa shape index (κ3) is 8.99. The molecule has 0 radical (unpaired) electrons. The van der Waals surface area contributed by atoms with Crippen molar-refractivity contribution in [2.45, 2.75) is 112 Å². The number of aryl methyl sites for hydroxylation is 2. The van der Waals surface area contributed by atoms with Crippen LogP contribution in [0.4, 0.5) is 0 Å². The van der Waals surface area contributed by atoms with Gasteiger partial charge in [0.05, 0.1) is 0 Å². The lowest BCUT2D eigenvalue weighted by Crippen LogP contribution is -2.29. The maximum atomic E-state index is 4.57.